The van der Waals surface area contributed by atoms with Gasteiger partial charge in [-0.1, -0.05) is 0 Å². The molecule has 0 aromatic heterocycles. The van der Waals surface area contributed by atoms with Crippen LogP contribution < -0.4 is 20.1 Å². The zero-order valence-corrected chi connectivity index (χ0v) is 13.5. The van der Waals surface area contributed by atoms with E-state index in [4.69, 9.17) is 9.47 Å². The van der Waals surface area contributed by atoms with Crippen LogP contribution in [0.25, 0.3) is 0 Å². The van der Waals surface area contributed by atoms with Gasteiger partial charge in [0.2, 0.25) is 5.91 Å². The van der Waals surface area contributed by atoms with Gasteiger partial charge in [-0.25, -0.2) is 4.79 Å². The standard InChI is InChI=1S/C16H19N3O5/c1-23-12-5-9-3-4-19(8-10(9)6-13(12)24-2)14(20)7-11-15(21)18-16(22)17-11/h5-6,11H,3-4,7-8H2,1-2H3,(H2,17,18,21,22)/t11-/m0/s1. The lowest BCUT2D eigenvalue weighted by Gasteiger charge is -2.30. The highest BCUT2D eigenvalue weighted by molar-refractivity contribution is 6.05. The van der Waals surface area contributed by atoms with Crippen LogP contribution in [0.5, 0.6) is 11.5 Å². The summed E-state index contributed by atoms with van der Waals surface area (Å²) < 4.78 is 10.6. The lowest BCUT2D eigenvalue weighted by atomic mass is 9.98. The van der Waals surface area contributed by atoms with Gasteiger partial charge in [-0.2, -0.15) is 0 Å². The van der Waals surface area contributed by atoms with Gasteiger partial charge in [0.1, 0.15) is 6.04 Å². The molecule has 4 amide bonds. The molecular weight excluding hydrogens is 314 g/mol. The van der Waals surface area contributed by atoms with Crippen molar-refractivity contribution in [1.29, 1.82) is 0 Å². The van der Waals surface area contributed by atoms with E-state index in [1.165, 1.54) is 0 Å². The van der Waals surface area contributed by atoms with E-state index < -0.39 is 18.0 Å². The Bertz CT molecular complexity index is 703. The number of hydrogen-bond acceptors (Lipinski definition) is 5. The second-order valence-electron chi connectivity index (χ2n) is 5.76. The molecule has 2 N–H and O–H groups in total. The predicted molar refractivity (Wildman–Crippen MR) is 83.7 cm³/mol. The number of carbonyl (C=O) groups excluding carboxylic acids is 3. The van der Waals surface area contributed by atoms with E-state index in [9.17, 15) is 14.4 Å². The predicted octanol–water partition coefficient (Wildman–Crippen LogP) is 0.187. The van der Waals surface area contributed by atoms with E-state index in [1.807, 2.05) is 12.1 Å². The maximum Gasteiger partial charge on any atom is 0.322 e. The van der Waals surface area contributed by atoms with E-state index in [1.54, 1.807) is 19.1 Å². The van der Waals surface area contributed by atoms with Gasteiger partial charge in [-0.3, -0.25) is 14.9 Å². The average molecular weight is 333 g/mol. The normalized spacial score (nSPS) is 19.4. The number of methoxy groups -OCH3 is 2. The summed E-state index contributed by atoms with van der Waals surface area (Å²) in [6, 6.07) is 2.45. The molecule has 2 aliphatic rings. The molecule has 0 unspecified atom stereocenters. The number of ether oxygens (including phenoxy) is 2. The van der Waals surface area contributed by atoms with Crippen molar-refractivity contribution in [2.24, 2.45) is 0 Å². The van der Waals surface area contributed by atoms with Crippen LogP contribution in [0.3, 0.4) is 0 Å². The highest BCUT2D eigenvalue weighted by Gasteiger charge is 2.33. The maximum absolute atomic E-state index is 12.4. The molecule has 0 radical (unpaired) electrons. The molecule has 2 heterocycles. The second kappa shape index (κ2) is 6.38. The number of urea groups is 1. The van der Waals surface area contributed by atoms with E-state index in [0.717, 1.165) is 11.1 Å². The van der Waals surface area contributed by atoms with Crippen LogP contribution >= 0.6 is 0 Å². The van der Waals surface area contributed by atoms with Crippen LogP contribution in [-0.4, -0.2) is 49.6 Å². The van der Waals surface area contributed by atoms with E-state index in [0.29, 0.717) is 31.0 Å². The lowest BCUT2D eigenvalue weighted by Crippen LogP contribution is -2.41. The first-order valence-corrected chi connectivity index (χ1v) is 7.64. The van der Waals surface area contributed by atoms with Crippen LogP contribution in [0.4, 0.5) is 4.79 Å². The third-order valence-electron chi connectivity index (χ3n) is 4.31. The Kier molecular flexibility index (Phi) is 4.28. The Morgan fingerprint density at radius 1 is 1.21 bits per heavy atom. The second-order valence-corrected chi connectivity index (χ2v) is 5.76. The number of imide groups is 1. The minimum atomic E-state index is -0.795. The Labute approximate surface area is 139 Å². The minimum Gasteiger partial charge on any atom is -0.493 e. The Morgan fingerprint density at radius 3 is 2.46 bits per heavy atom. The fourth-order valence-electron chi connectivity index (χ4n) is 3.00. The van der Waals surface area contributed by atoms with Crippen LogP contribution in [0.2, 0.25) is 0 Å². The Balaban J connectivity index is 1.71. The first kappa shape index (κ1) is 16.1. The molecule has 1 aromatic carbocycles. The van der Waals surface area contributed by atoms with Crippen molar-refractivity contribution < 1.29 is 23.9 Å². The Morgan fingerprint density at radius 2 is 1.88 bits per heavy atom. The summed E-state index contributed by atoms with van der Waals surface area (Å²) in [5.74, 6) is 0.657. The molecule has 24 heavy (non-hydrogen) atoms. The van der Waals surface area contributed by atoms with Gasteiger partial charge in [0.15, 0.2) is 11.5 Å². The quantitative estimate of drug-likeness (QED) is 0.767. The summed E-state index contributed by atoms with van der Waals surface area (Å²) in [5.41, 5.74) is 2.11. The highest BCUT2D eigenvalue weighted by atomic mass is 16.5. The number of nitrogens with zero attached hydrogens (tertiary/aromatic N) is 1. The van der Waals surface area contributed by atoms with Crippen molar-refractivity contribution in [3.8, 4) is 11.5 Å². The summed E-state index contributed by atoms with van der Waals surface area (Å²) in [4.78, 5) is 36.8. The van der Waals surface area contributed by atoms with Crippen molar-refractivity contribution in [3.05, 3.63) is 23.3 Å². The third kappa shape index (κ3) is 2.99. The van der Waals surface area contributed by atoms with E-state index in [-0.39, 0.29) is 12.3 Å². The fraction of sp³-hybridized carbons (Fsp3) is 0.438. The zero-order valence-electron chi connectivity index (χ0n) is 13.5. The monoisotopic (exact) mass is 333 g/mol. The molecule has 3 rings (SSSR count). The van der Waals surface area contributed by atoms with Gasteiger partial charge in [0.05, 0.1) is 20.6 Å². The van der Waals surface area contributed by atoms with Gasteiger partial charge in [-0.15, -0.1) is 0 Å². The van der Waals surface area contributed by atoms with Gasteiger partial charge in [0.25, 0.3) is 5.91 Å². The van der Waals surface area contributed by atoms with Crippen molar-refractivity contribution in [1.82, 2.24) is 15.5 Å². The molecule has 0 bridgehead atoms. The molecule has 1 atom stereocenters. The SMILES string of the molecule is COc1cc2c(cc1OC)CN(C(=O)C[C@@H]1NC(=O)NC1=O)CC2. The summed E-state index contributed by atoms with van der Waals surface area (Å²) in [6.45, 7) is 1.00. The molecule has 8 heteroatoms. The summed E-state index contributed by atoms with van der Waals surface area (Å²) in [6.07, 6.45) is 0.658. The highest BCUT2D eigenvalue weighted by Crippen LogP contribution is 2.33. The number of nitrogens with one attached hydrogen (secondary N) is 2. The van der Waals surface area contributed by atoms with Crippen LogP contribution in [0, 0.1) is 0 Å². The molecule has 0 saturated carbocycles. The third-order valence-corrected chi connectivity index (χ3v) is 4.31. The number of amides is 4. The summed E-state index contributed by atoms with van der Waals surface area (Å²) in [5, 5.41) is 4.57. The van der Waals surface area contributed by atoms with Gasteiger partial charge in [-0.05, 0) is 29.7 Å². The van der Waals surface area contributed by atoms with Gasteiger partial charge < -0.3 is 19.7 Å². The number of fused-ring (bicyclic) bond motifs is 1. The average Bonchev–Trinajstić information content (AvgIpc) is 2.90. The number of rotatable bonds is 4. The molecule has 2 aliphatic heterocycles. The molecule has 1 aromatic rings. The smallest absolute Gasteiger partial charge is 0.322 e. The van der Waals surface area contributed by atoms with Gasteiger partial charge in [0, 0.05) is 13.1 Å². The molecule has 8 nitrogen and oxygen atoms in total. The van der Waals surface area contributed by atoms with Crippen molar-refractivity contribution in [2.75, 3.05) is 20.8 Å². The maximum atomic E-state index is 12.4. The molecule has 0 spiro atoms. The molecule has 1 fully saturated rings. The lowest BCUT2D eigenvalue weighted by molar-refractivity contribution is -0.134. The molecule has 0 aliphatic carbocycles. The summed E-state index contributed by atoms with van der Waals surface area (Å²) >= 11 is 0. The van der Waals surface area contributed by atoms with Crippen LogP contribution in [0.15, 0.2) is 12.1 Å². The first-order chi connectivity index (χ1) is 11.5. The van der Waals surface area contributed by atoms with E-state index in [2.05, 4.69) is 10.6 Å². The molecule has 128 valence electrons. The summed E-state index contributed by atoms with van der Waals surface area (Å²) in [7, 11) is 3.15. The van der Waals surface area contributed by atoms with Crippen LogP contribution in [-0.2, 0) is 22.6 Å². The molecule has 1 saturated heterocycles. The number of benzene rings is 1. The van der Waals surface area contributed by atoms with Crippen molar-refractivity contribution >= 4 is 17.8 Å². The van der Waals surface area contributed by atoms with E-state index >= 15 is 0 Å². The first-order valence-electron chi connectivity index (χ1n) is 7.64. The zero-order chi connectivity index (χ0) is 17.3. The molecular formula is C16H19N3O5. The Hall–Kier alpha value is -2.77. The van der Waals surface area contributed by atoms with Crippen molar-refractivity contribution in [3.63, 3.8) is 0 Å². The fourth-order valence-corrected chi connectivity index (χ4v) is 3.00. The van der Waals surface area contributed by atoms with Crippen molar-refractivity contribution in [2.45, 2.75) is 25.4 Å². The van der Waals surface area contributed by atoms with Gasteiger partial charge >= 0.3 is 6.03 Å². The minimum absolute atomic E-state index is 0.0415. The largest absolute Gasteiger partial charge is 0.493 e. The number of hydrogen-bond donors (Lipinski definition) is 2. The number of carbonyl (C=O) groups is 3. The topological polar surface area (TPSA) is 97.0 Å². The van der Waals surface area contributed by atoms with Crippen LogP contribution in [0.1, 0.15) is 17.5 Å².